The van der Waals surface area contributed by atoms with Crippen LogP contribution < -0.4 is 0 Å². The lowest BCUT2D eigenvalue weighted by molar-refractivity contribution is 0.0783. The maximum absolute atomic E-state index is 13.6. The third-order valence-electron chi connectivity index (χ3n) is 7.80. The number of rotatable bonds is 5. The molecular formula is C28H29FN4OS. The number of carbonyl (C=O) groups excluding carboxylic acids is 1. The Labute approximate surface area is 208 Å². The number of para-hydroxylation sites is 1. The minimum Gasteiger partial charge on any atom is -0.345 e. The molecule has 2 saturated heterocycles. The summed E-state index contributed by atoms with van der Waals surface area (Å²) in [6.07, 6.45) is 3.83. The Morgan fingerprint density at radius 1 is 1.06 bits per heavy atom. The summed E-state index contributed by atoms with van der Waals surface area (Å²) >= 11 is 1.72. The van der Waals surface area contributed by atoms with Gasteiger partial charge in [-0.3, -0.25) is 4.79 Å². The Morgan fingerprint density at radius 3 is 2.66 bits per heavy atom. The van der Waals surface area contributed by atoms with Crippen LogP contribution >= 0.6 is 11.3 Å². The molecule has 0 saturated carbocycles. The van der Waals surface area contributed by atoms with Gasteiger partial charge in [0.05, 0.1) is 17.4 Å². The first kappa shape index (κ1) is 22.4. The Kier molecular flexibility index (Phi) is 6.12. The molecule has 2 atom stereocenters. The fourth-order valence-electron chi connectivity index (χ4n) is 5.91. The highest BCUT2D eigenvalue weighted by Crippen LogP contribution is 2.37. The molecule has 0 aliphatic carbocycles. The fourth-order valence-corrected chi connectivity index (χ4v) is 6.63. The molecule has 180 valence electrons. The highest BCUT2D eigenvalue weighted by Gasteiger charge is 2.38. The van der Waals surface area contributed by atoms with E-state index in [0.717, 1.165) is 56.6 Å². The van der Waals surface area contributed by atoms with Crippen LogP contribution in [0.15, 0.2) is 65.6 Å². The zero-order valence-electron chi connectivity index (χ0n) is 19.6. The van der Waals surface area contributed by atoms with Crippen LogP contribution in [0.1, 0.15) is 46.2 Å². The van der Waals surface area contributed by atoms with Crippen LogP contribution in [0.3, 0.4) is 0 Å². The van der Waals surface area contributed by atoms with Crippen LogP contribution in [-0.2, 0) is 0 Å². The summed E-state index contributed by atoms with van der Waals surface area (Å²) in [5.41, 5.74) is 4.90. The average Bonchev–Trinajstić information content (AvgIpc) is 3.65. The highest BCUT2D eigenvalue weighted by molar-refractivity contribution is 7.08. The molecule has 1 N–H and O–H groups in total. The first-order valence-corrected chi connectivity index (χ1v) is 13.3. The lowest BCUT2D eigenvalue weighted by atomic mass is 9.87. The van der Waals surface area contributed by atoms with Crippen molar-refractivity contribution in [3.05, 3.63) is 88.1 Å². The lowest BCUT2D eigenvalue weighted by Crippen LogP contribution is -2.38. The molecule has 0 bridgehead atoms. The molecule has 0 unspecified atom stereocenters. The number of amides is 1. The van der Waals surface area contributed by atoms with Gasteiger partial charge in [0.1, 0.15) is 11.3 Å². The van der Waals surface area contributed by atoms with E-state index >= 15 is 0 Å². The van der Waals surface area contributed by atoms with E-state index in [-0.39, 0.29) is 11.7 Å². The summed E-state index contributed by atoms with van der Waals surface area (Å²) in [6.45, 7) is 4.57. The number of thiophene rings is 1. The van der Waals surface area contributed by atoms with E-state index in [0.29, 0.717) is 23.3 Å². The largest absolute Gasteiger partial charge is 0.345 e. The lowest BCUT2D eigenvalue weighted by Gasteiger charge is -2.34. The Balaban J connectivity index is 1.16. The van der Waals surface area contributed by atoms with Crippen LogP contribution in [0.5, 0.6) is 0 Å². The van der Waals surface area contributed by atoms with E-state index in [1.165, 1.54) is 11.1 Å². The van der Waals surface area contributed by atoms with Crippen molar-refractivity contribution in [1.82, 2.24) is 19.8 Å². The number of carbonyl (C=O) groups is 1. The molecule has 0 spiro atoms. The number of piperidine rings is 1. The molecular weight excluding hydrogens is 459 g/mol. The van der Waals surface area contributed by atoms with Crippen LogP contribution in [0, 0.1) is 11.7 Å². The predicted molar refractivity (Wildman–Crippen MR) is 137 cm³/mol. The maximum Gasteiger partial charge on any atom is 0.256 e. The van der Waals surface area contributed by atoms with Crippen molar-refractivity contribution < 1.29 is 9.18 Å². The third kappa shape index (κ3) is 4.50. The first-order valence-electron chi connectivity index (χ1n) is 12.4. The first-order chi connectivity index (χ1) is 17.2. The summed E-state index contributed by atoms with van der Waals surface area (Å²) in [5.74, 6) is 1.14. The molecule has 2 fully saturated rings. The van der Waals surface area contributed by atoms with Gasteiger partial charge in [-0.05, 0) is 90.0 Å². The van der Waals surface area contributed by atoms with Crippen molar-refractivity contribution in [3.8, 4) is 0 Å². The third-order valence-corrected chi connectivity index (χ3v) is 8.50. The van der Waals surface area contributed by atoms with Crippen LogP contribution in [-0.4, -0.2) is 58.4 Å². The molecule has 2 aromatic heterocycles. The number of aromatic amines is 1. The number of hydrogen-bond donors (Lipinski definition) is 1. The number of likely N-dealkylation sites (tertiary alicyclic amines) is 2. The van der Waals surface area contributed by atoms with E-state index in [9.17, 15) is 9.18 Å². The molecule has 6 rings (SSSR count). The Morgan fingerprint density at radius 2 is 1.89 bits per heavy atom. The second-order valence-corrected chi connectivity index (χ2v) is 10.6. The smallest absolute Gasteiger partial charge is 0.256 e. The molecule has 7 heteroatoms. The van der Waals surface area contributed by atoms with Crippen molar-refractivity contribution in [2.24, 2.45) is 5.92 Å². The minimum absolute atomic E-state index is 0.0699. The monoisotopic (exact) mass is 488 g/mol. The van der Waals surface area contributed by atoms with E-state index < -0.39 is 0 Å². The number of H-pyrrole nitrogens is 1. The van der Waals surface area contributed by atoms with Gasteiger partial charge in [-0.15, -0.1) is 0 Å². The Hall–Kier alpha value is -3.03. The summed E-state index contributed by atoms with van der Waals surface area (Å²) in [4.78, 5) is 25.7. The second-order valence-electron chi connectivity index (χ2n) is 9.86. The van der Waals surface area contributed by atoms with Gasteiger partial charge in [0.2, 0.25) is 0 Å². The standard InChI is InChI=1S/C28H29FN4OS/c29-23-6-4-19(5-7-23)20-8-11-32(12-9-20)14-22-15-33(16-25(22)21-10-13-35-17-21)28(34)24-2-1-3-26-27(24)31-18-30-26/h1-7,10,13,17-18,20,22,25H,8-9,11-12,14-16H2,(H,30,31)/t22-,25+/m1/s1. The van der Waals surface area contributed by atoms with Crippen molar-refractivity contribution in [3.63, 3.8) is 0 Å². The second kappa shape index (κ2) is 9.55. The highest BCUT2D eigenvalue weighted by atomic mass is 32.1. The van der Waals surface area contributed by atoms with E-state index in [1.54, 1.807) is 29.8 Å². The molecule has 4 aromatic rings. The molecule has 35 heavy (non-hydrogen) atoms. The molecule has 4 heterocycles. The van der Waals surface area contributed by atoms with E-state index in [1.807, 2.05) is 35.2 Å². The average molecular weight is 489 g/mol. The molecule has 0 radical (unpaired) electrons. The number of imidazole rings is 1. The molecule has 1 amide bonds. The van der Waals surface area contributed by atoms with Crippen molar-refractivity contribution in [2.45, 2.75) is 24.7 Å². The number of fused-ring (bicyclic) bond motifs is 1. The van der Waals surface area contributed by atoms with Gasteiger partial charge in [0.25, 0.3) is 5.91 Å². The normalized spacial score (nSPS) is 21.7. The maximum atomic E-state index is 13.6. The Bertz CT molecular complexity index is 1290. The quantitative estimate of drug-likeness (QED) is 0.404. The number of nitrogens with zero attached hydrogens (tertiary/aromatic N) is 3. The van der Waals surface area contributed by atoms with Crippen LogP contribution in [0.2, 0.25) is 0 Å². The van der Waals surface area contributed by atoms with Crippen molar-refractivity contribution >= 4 is 28.3 Å². The summed E-state index contributed by atoms with van der Waals surface area (Å²) < 4.78 is 13.3. The van der Waals surface area contributed by atoms with Gasteiger partial charge in [-0.25, -0.2) is 9.37 Å². The number of aromatic nitrogens is 2. The van der Waals surface area contributed by atoms with Crippen molar-refractivity contribution in [2.75, 3.05) is 32.7 Å². The number of nitrogens with one attached hydrogen (secondary N) is 1. The number of hydrogen-bond acceptors (Lipinski definition) is 4. The molecule has 2 aliphatic rings. The predicted octanol–water partition coefficient (Wildman–Crippen LogP) is 5.50. The number of benzene rings is 2. The molecule has 5 nitrogen and oxygen atoms in total. The topological polar surface area (TPSA) is 52.2 Å². The van der Waals surface area contributed by atoms with E-state index in [2.05, 4.69) is 31.7 Å². The van der Waals surface area contributed by atoms with Gasteiger partial charge < -0.3 is 14.8 Å². The minimum atomic E-state index is -0.172. The number of halogens is 1. The van der Waals surface area contributed by atoms with Gasteiger partial charge in [-0.2, -0.15) is 11.3 Å². The van der Waals surface area contributed by atoms with Gasteiger partial charge in [0.15, 0.2) is 0 Å². The molecule has 2 aliphatic heterocycles. The summed E-state index contributed by atoms with van der Waals surface area (Å²) in [5, 5.41) is 4.37. The molecule has 2 aromatic carbocycles. The van der Waals surface area contributed by atoms with Gasteiger partial charge >= 0.3 is 0 Å². The van der Waals surface area contributed by atoms with Crippen molar-refractivity contribution in [1.29, 1.82) is 0 Å². The zero-order chi connectivity index (χ0) is 23.8. The van der Waals surface area contributed by atoms with Gasteiger partial charge in [0, 0.05) is 25.6 Å². The summed E-state index contributed by atoms with van der Waals surface area (Å²) in [6, 6.07) is 15.0. The zero-order valence-corrected chi connectivity index (χ0v) is 20.4. The summed E-state index contributed by atoms with van der Waals surface area (Å²) in [7, 11) is 0. The van der Waals surface area contributed by atoms with Crippen LogP contribution in [0.4, 0.5) is 4.39 Å². The fraction of sp³-hybridized carbons (Fsp3) is 0.357. The van der Waals surface area contributed by atoms with Gasteiger partial charge in [-0.1, -0.05) is 18.2 Å². The van der Waals surface area contributed by atoms with E-state index in [4.69, 9.17) is 0 Å². The van der Waals surface area contributed by atoms with Crippen LogP contribution in [0.25, 0.3) is 11.0 Å². The SMILES string of the molecule is O=C(c1cccc2[nH]cnc12)N1C[C@@H](CN2CCC(c3ccc(F)cc3)CC2)[C@H](c2ccsc2)C1.